The van der Waals surface area contributed by atoms with E-state index in [2.05, 4.69) is 11.4 Å². The van der Waals surface area contributed by atoms with Crippen LogP contribution in [-0.4, -0.2) is 61.6 Å². The Labute approximate surface area is 165 Å². The summed E-state index contributed by atoms with van der Waals surface area (Å²) in [5.74, 6) is -0.0919. The molecular formula is C21H26N4O3. The molecule has 2 aromatic carbocycles. The van der Waals surface area contributed by atoms with Crippen LogP contribution in [0.5, 0.6) is 0 Å². The quantitative estimate of drug-likeness (QED) is 0.829. The van der Waals surface area contributed by atoms with Crippen molar-refractivity contribution < 1.29 is 14.3 Å². The van der Waals surface area contributed by atoms with Crippen LogP contribution in [0.25, 0.3) is 11.1 Å². The van der Waals surface area contributed by atoms with Crippen LogP contribution >= 0.6 is 0 Å². The first kappa shape index (κ1) is 19.9. The summed E-state index contributed by atoms with van der Waals surface area (Å²) in [7, 11) is 1.74. The van der Waals surface area contributed by atoms with Gasteiger partial charge in [-0.1, -0.05) is 30.3 Å². The maximum absolute atomic E-state index is 12.3. The number of rotatable bonds is 5. The van der Waals surface area contributed by atoms with E-state index in [0.717, 1.165) is 22.4 Å². The number of amides is 3. The number of ether oxygens (including phenoxy) is 1. The Morgan fingerprint density at radius 2 is 1.82 bits per heavy atom. The highest BCUT2D eigenvalue weighted by Crippen LogP contribution is 2.23. The molecule has 3 N–H and O–H groups in total. The molecule has 3 rings (SSSR count). The number of morpholine rings is 1. The molecule has 28 heavy (non-hydrogen) atoms. The third-order valence-corrected chi connectivity index (χ3v) is 4.71. The predicted octanol–water partition coefficient (Wildman–Crippen LogP) is 2.13. The fourth-order valence-corrected chi connectivity index (χ4v) is 3.08. The number of anilines is 1. The second-order valence-electron chi connectivity index (χ2n) is 6.76. The Hall–Kier alpha value is -2.90. The molecule has 7 nitrogen and oxygen atoms in total. The second-order valence-corrected chi connectivity index (χ2v) is 6.76. The smallest absolute Gasteiger partial charge is 0.321 e. The zero-order valence-corrected chi connectivity index (χ0v) is 16.1. The van der Waals surface area contributed by atoms with Gasteiger partial charge in [-0.15, -0.1) is 0 Å². The molecule has 0 unspecified atom stereocenters. The van der Waals surface area contributed by atoms with Crippen LogP contribution in [0.2, 0.25) is 0 Å². The first-order valence-corrected chi connectivity index (χ1v) is 9.34. The largest absolute Gasteiger partial charge is 0.378 e. The highest BCUT2D eigenvalue weighted by Gasteiger charge is 2.16. The van der Waals surface area contributed by atoms with Crippen LogP contribution in [-0.2, 0) is 16.1 Å². The fourth-order valence-electron chi connectivity index (χ4n) is 3.08. The molecule has 0 atom stereocenters. The minimum Gasteiger partial charge on any atom is -0.378 e. The van der Waals surface area contributed by atoms with E-state index >= 15 is 0 Å². The van der Waals surface area contributed by atoms with Crippen LogP contribution in [0.1, 0.15) is 5.56 Å². The molecule has 0 aromatic heterocycles. The van der Waals surface area contributed by atoms with Gasteiger partial charge in [0, 0.05) is 32.4 Å². The molecule has 2 aromatic rings. The third kappa shape index (κ3) is 5.09. The molecule has 0 bridgehead atoms. The average Bonchev–Trinajstić information content (AvgIpc) is 2.74. The monoisotopic (exact) mass is 382 g/mol. The number of benzene rings is 2. The van der Waals surface area contributed by atoms with E-state index in [1.165, 1.54) is 0 Å². The second kappa shape index (κ2) is 9.34. The molecule has 0 spiro atoms. The number of nitrogens with one attached hydrogen (secondary N) is 1. The van der Waals surface area contributed by atoms with E-state index in [1.54, 1.807) is 16.8 Å². The Kier molecular flexibility index (Phi) is 6.62. The number of hydrogen-bond acceptors (Lipinski definition) is 4. The molecule has 3 amide bonds. The average molecular weight is 382 g/mol. The topological polar surface area (TPSA) is 87.9 Å². The van der Waals surface area contributed by atoms with Crippen molar-refractivity contribution in [2.24, 2.45) is 5.73 Å². The van der Waals surface area contributed by atoms with Gasteiger partial charge in [-0.25, -0.2) is 4.79 Å². The summed E-state index contributed by atoms with van der Waals surface area (Å²) in [4.78, 5) is 27.3. The summed E-state index contributed by atoms with van der Waals surface area (Å²) in [5, 5.41) is 2.92. The Morgan fingerprint density at radius 3 is 2.50 bits per heavy atom. The van der Waals surface area contributed by atoms with Crippen LogP contribution < -0.4 is 11.1 Å². The number of carbonyl (C=O) groups excluding carboxylic acids is 2. The molecule has 0 saturated carbocycles. The number of nitrogens with zero attached hydrogens (tertiary/aromatic N) is 2. The van der Waals surface area contributed by atoms with E-state index in [4.69, 9.17) is 10.5 Å². The summed E-state index contributed by atoms with van der Waals surface area (Å²) in [6.45, 7) is 2.89. The Morgan fingerprint density at radius 1 is 1.11 bits per heavy atom. The van der Waals surface area contributed by atoms with Gasteiger partial charge in [0.25, 0.3) is 0 Å². The zero-order chi connectivity index (χ0) is 19.9. The van der Waals surface area contributed by atoms with E-state index in [9.17, 15) is 9.59 Å². The van der Waals surface area contributed by atoms with Gasteiger partial charge in [0.15, 0.2) is 0 Å². The maximum atomic E-state index is 12.3. The Balaban J connectivity index is 1.65. The Bertz CT molecular complexity index is 817. The normalized spacial score (nSPS) is 13.9. The number of hydrogen-bond donors (Lipinski definition) is 2. The van der Waals surface area contributed by atoms with Crippen molar-refractivity contribution in [1.29, 1.82) is 0 Å². The minimum absolute atomic E-state index is 0.00776. The van der Waals surface area contributed by atoms with E-state index < -0.39 is 0 Å². The lowest BCUT2D eigenvalue weighted by Crippen LogP contribution is -2.43. The van der Waals surface area contributed by atoms with Gasteiger partial charge in [0.2, 0.25) is 5.91 Å². The number of carbonyl (C=O) groups is 2. The molecule has 0 aliphatic carbocycles. The van der Waals surface area contributed by atoms with Gasteiger partial charge in [0.05, 0.1) is 19.8 Å². The van der Waals surface area contributed by atoms with Crippen molar-refractivity contribution in [3.05, 3.63) is 54.1 Å². The molecule has 1 saturated heterocycles. The third-order valence-electron chi connectivity index (χ3n) is 4.71. The minimum atomic E-state index is -0.106. The van der Waals surface area contributed by atoms with Crippen molar-refractivity contribution in [2.75, 3.05) is 45.2 Å². The maximum Gasteiger partial charge on any atom is 0.321 e. The van der Waals surface area contributed by atoms with Crippen molar-refractivity contribution >= 4 is 17.6 Å². The van der Waals surface area contributed by atoms with E-state index in [1.807, 2.05) is 42.5 Å². The number of nitrogens with two attached hydrogens (primary N) is 1. The number of urea groups is 1. The fraction of sp³-hybridized carbons (Fsp3) is 0.333. The molecule has 148 valence electrons. The first-order chi connectivity index (χ1) is 13.6. The van der Waals surface area contributed by atoms with Gasteiger partial charge in [-0.3, -0.25) is 4.79 Å². The van der Waals surface area contributed by atoms with Gasteiger partial charge in [-0.05, 0) is 34.9 Å². The standard InChI is InChI=1S/C21H26N4O3/c1-24(20(26)14-22)15-16-3-2-4-18(13-16)17-5-7-19(8-6-17)23-21(27)25-9-11-28-12-10-25/h2-8,13H,9-12,14-15,22H2,1H3,(H,23,27). The summed E-state index contributed by atoms with van der Waals surface area (Å²) >= 11 is 0. The van der Waals surface area contributed by atoms with Crippen LogP contribution in [0.3, 0.4) is 0 Å². The molecule has 1 fully saturated rings. The van der Waals surface area contributed by atoms with Crippen molar-refractivity contribution in [1.82, 2.24) is 9.80 Å². The SMILES string of the molecule is CN(Cc1cccc(-c2ccc(NC(=O)N3CCOCC3)cc2)c1)C(=O)CN. The van der Waals surface area contributed by atoms with Gasteiger partial charge >= 0.3 is 6.03 Å². The highest BCUT2D eigenvalue weighted by molar-refractivity contribution is 5.89. The summed E-state index contributed by atoms with van der Waals surface area (Å²) < 4.78 is 5.27. The molecule has 1 heterocycles. The van der Waals surface area contributed by atoms with Crippen LogP contribution in [0, 0.1) is 0 Å². The van der Waals surface area contributed by atoms with Crippen molar-refractivity contribution in [3.8, 4) is 11.1 Å². The lowest BCUT2D eigenvalue weighted by atomic mass is 10.0. The van der Waals surface area contributed by atoms with Gasteiger partial charge in [-0.2, -0.15) is 0 Å². The molecule has 7 heteroatoms. The lowest BCUT2D eigenvalue weighted by molar-refractivity contribution is -0.128. The van der Waals surface area contributed by atoms with Gasteiger partial charge in [0.1, 0.15) is 0 Å². The summed E-state index contributed by atoms with van der Waals surface area (Å²) in [6, 6.07) is 15.7. The number of likely N-dealkylation sites (N-methyl/N-ethyl adjacent to an activating group) is 1. The molecule has 1 aliphatic heterocycles. The van der Waals surface area contributed by atoms with Crippen molar-refractivity contribution in [3.63, 3.8) is 0 Å². The first-order valence-electron chi connectivity index (χ1n) is 9.34. The summed E-state index contributed by atoms with van der Waals surface area (Å²) in [6.07, 6.45) is 0. The lowest BCUT2D eigenvalue weighted by Gasteiger charge is -2.26. The van der Waals surface area contributed by atoms with Crippen LogP contribution in [0.15, 0.2) is 48.5 Å². The van der Waals surface area contributed by atoms with E-state index in [-0.39, 0.29) is 18.5 Å². The highest BCUT2D eigenvalue weighted by atomic mass is 16.5. The zero-order valence-electron chi connectivity index (χ0n) is 16.1. The predicted molar refractivity (Wildman–Crippen MR) is 109 cm³/mol. The van der Waals surface area contributed by atoms with Crippen LogP contribution in [0.4, 0.5) is 10.5 Å². The van der Waals surface area contributed by atoms with Gasteiger partial charge < -0.3 is 25.6 Å². The summed E-state index contributed by atoms with van der Waals surface area (Å²) in [5.41, 5.74) is 9.30. The van der Waals surface area contributed by atoms with E-state index in [0.29, 0.717) is 32.8 Å². The molecule has 0 radical (unpaired) electrons. The van der Waals surface area contributed by atoms with Crippen molar-refractivity contribution in [2.45, 2.75) is 6.54 Å². The molecular weight excluding hydrogens is 356 g/mol. The molecule has 1 aliphatic rings.